The van der Waals surface area contributed by atoms with E-state index in [4.69, 9.17) is 4.74 Å². The van der Waals surface area contributed by atoms with Crippen LogP contribution in [0, 0.1) is 0 Å². The van der Waals surface area contributed by atoms with Gasteiger partial charge in [-0.2, -0.15) is 0 Å². The second-order valence-electron chi connectivity index (χ2n) is 13.0. The first kappa shape index (κ1) is 32.0. The molecule has 0 aliphatic heterocycles. The van der Waals surface area contributed by atoms with Gasteiger partial charge in [-0.3, -0.25) is 5.32 Å². The van der Waals surface area contributed by atoms with Crippen LogP contribution in [-0.4, -0.2) is 34.2 Å². The van der Waals surface area contributed by atoms with Gasteiger partial charge in [-0.1, -0.05) is 158 Å². The predicted molar refractivity (Wildman–Crippen MR) is 199 cm³/mol. The first-order valence-electron chi connectivity index (χ1n) is 17.1. The standard InChI is InChI=1S/C45H36N2O4/c48-42(49)44(28-31-29-46-41-27-15-14-22-35(31)41,43(50)51-30-40-38-25-12-10-23-36(38)37-24-11-13-26-39(37)40)47-45(32-16-4-1-5-17-32,33-18-6-2-7-19-33)34-20-8-3-9-21-34/h1-27,29,40,46-47H,28,30H2,(H,48,49)/t44-/m0/s1. The van der Waals surface area contributed by atoms with Crippen LogP contribution in [0.25, 0.3) is 22.0 Å². The summed E-state index contributed by atoms with van der Waals surface area (Å²) in [5, 5.41) is 15.9. The summed E-state index contributed by atoms with van der Waals surface area (Å²) in [7, 11) is 0. The van der Waals surface area contributed by atoms with E-state index in [-0.39, 0.29) is 18.9 Å². The van der Waals surface area contributed by atoms with Crippen LogP contribution >= 0.6 is 0 Å². The summed E-state index contributed by atoms with van der Waals surface area (Å²) in [6, 6.07) is 53.0. The summed E-state index contributed by atoms with van der Waals surface area (Å²) in [6.07, 6.45) is 1.60. The zero-order valence-corrected chi connectivity index (χ0v) is 27.8. The second-order valence-corrected chi connectivity index (χ2v) is 13.0. The number of para-hydroxylation sites is 1. The number of benzene rings is 6. The van der Waals surface area contributed by atoms with Gasteiger partial charge in [-0.05, 0) is 50.6 Å². The molecule has 1 aliphatic carbocycles. The first-order chi connectivity index (χ1) is 25.0. The molecule has 8 rings (SSSR count). The van der Waals surface area contributed by atoms with Crippen LogP contribution in [0.5, 0.6) is 0 Å². The molecule has 6 nitrogen and oxygen atoms in total. The van der Waals surface area contributed by atoms with Gasteiger partial charge in [-0.25, -0.2) is 9.59 Å². The van der Waals surface area contributed by atoms with Crippen molar-refractivity contribution in [3.8, 4) is 11.1 Å². The monoisotopic (exact) mass is 668 g/mol. The van der Waals surface area contributed by atoms with Gasteiger partial charge in [0.25, 0.3) is 0 Å². The number of ether oxygens (including phenoxy) is 1. The van der Waals surface area contributed by atoms with Gasteiger partial charge in [-0.15, -0.1) is 0 Å². The maximum absolute atomic E-state index is 15.0. The Morgan fingerprint density at radius 2 is 1.10 bits per heavy atom. The van der Waals surface area contributed by atoms with Crippen LogP contribution in [0.2, 0.25) is 0 Å². The van der Waals surface area contributed by atoms with E-state index in [2.05, 4.69) is 22.4 Å². The number of aromatic amines is 1. The molecular weight excluding hydrogens is 633 g/mol. The molecule has 0 saturated carbocycles. The number of aliphatic carboxylic acids is 1. The number of rotatable bonds is 11. The van der Waals surface area contributed by atoms with E-state index >= 15 is 4.79 Å². The third-order valence-corrected chi connectivity index (χ3v) is 10.2. The topological polar surface area (TPSA) is 91.4 Å². The molecule has 0 fully saturated rings. The Kier molecular flexibility index (Phi) is 8.30. The molecule has 0 bridgehead atoms. The quantitative estimate of drug-likeness (QED) is 0.0731. The van der Waals surface area contributed by atoms with E-state index in [1.807, 2.05) is 152 Å². The number of fused-ring (bicyclic) bond motifs is 4. The molecule has 6 heteroatoms. The lowest BCUT2D eigenvalue weighted by Crippen LogP contribution is -2.67. The molecule has 51 heavy (non-hydrogen) atoms. The lowest BCUT2D eigenvalue weighted by Gasteiger charge is -2.43. The molecule has 1 aliphatic rings. The molecule has 0 spiro atoms. The highest BCUT2D eigenvalue weighted by Gasteiger charge is 2.55. The molecule has 1 aromatic heterocycles. The average Bonchev–Trinajstić information content (AvgIpc) is 3.75. The first-order valence-corrected chi connectivity index (χ1v) is 17.1. The predicted octanol–water partition coefficient (Wildman–Crippen LogP) is 8.47. The zero-order chi connectivity index (χ0) is 34.8. The van der Waals surface area contributed by atoms with E-state index in [0.717, 1.165) is 49.8 Å². The van der Waals surface area contributed by atoms with Crippen LogP contribution in [0.1, 0.15) is 39.3 Å². The number of aromatic nitrogens is 1. The summed E-state index contributed by atoms with van der Waals surface area (Å²) in [5.41, 5.74) is 4.60. The Bertz CT molecular complexity index is 2190. The normalized spacial score (nSPS) is 13.6. The van der Waals surface area contributed by atoms with Crippen LogP contribution in [0.4, 0.5) is 0 Å². The number of nitrogens with one attached hydrogen (secondary N) is 2. The number of hydrogen-bond acceptors (Lipinski definition) is 4. The number of H-pyrrole nitrogens is 1. The third-order valence-electron chi connectivity index (χ3n) is 10.2. The third kappa shape index (κ3) is 5.50. The van der Waals surface area contributed by atoms with Gasteiger partial charge >= 0.3 is 11.9 Å². The Morgan fingerprint density at radius 3 is 1.63 bits per heavy atom. The fourth-order valence-corrected chi connectivity index (χ4v) is 7.77. The van der Waals surface area contributed by atoms with Crippen LogP contribution in [-0.2, 0) is 26.3 Å². The largest absolute Gasteiger partial charge is 0.479 e. The minimum Gasteiger partial charge on any atom is -0.479 e. The van der Waals surface area contributed by atoms with E-state index in [0.29, 0.717) is 5.56 Å². The van der Waals surface area contributed by atoms with E-state index in [1.54, 1.807) is 6.20 Å². The molecular formula is C45H36N2O4. The zero-order valence-electron chi connectivity index (χ0n) is 27.8. The molecule has 250 valence electrons. The van der Waals surface area contributed by atoms with Crippen molar-refractivity contribution in [2.45, 2.75) is 23.4 Å². The Morgan fingerprint density at radius 1 is 0.627 bits per heavy atom. The molecule has 1 heterocycles. The molecule has 0 amide bonds. The van der Waals surface area contributed by atoms with Gasteiger partial charge in [0, 0.05) is 29.4 Å². The Labute approximate surface area is 296 Å². The van der Waals surface area contributed by atoms with Gasteiger partial charge in [0.2, 0.25) is 5.54 Å². The number of esters is 1. The summed E-state index contributed by atoms with van der Waals surface area (Å²) in [6.45, 7) is -0.0214. The van der Waals surface area contributed by atoms with Gasteiger partial charge in [0.05, 0.1) is 5.54 Å². The lowest BCUT2D eigenvalue weighted by atomic mass is 9.74. The minimum atomic E-state index is -2.25. The highest BCUT2D eigenvalue weighted by Crippen LogP contribution is 2.45. The highest BCUT2D eigenvalue weighted by atomic mass is 16.5. The molecule has 6 aromatic carbocycles. The van der Waals surface area contributed by atoms with Crippen molar-refractivity contribution in [1.29, 1.82) is 0 Å². The molecule has 1 atom stereocenters. The second kappa shape index (κ2) is 13.2. The molecule has 0 saturated heterocycles. The molecule has 0 unspecified atom stereocenters. The van der Waals surface area contributed by atoms with Gasteiger partial charge in [0.1, 0.15) is 6.61 Å². The SMILES string of the molecule is O=C(O)[C@](Cc1c[nH]c2ccccc12)(NC(c1ccccc1)(c1ccccc1)c1ccccc1)C(=O)OCC1c2ccccc2-c2ccccc21. The van der Waals surface area contributed by atoms with Crippen molar-refractivity contribution in [2.75, 3.05) is 6.61 Å². The van der Waals surface area contributed by atoms with Crippen molar-refractivity contribution in [3.63, 3.8) is 0 Å². The van der Waals surface area contributed by atoms with E-state index in [1.165, 1.54) is 0 Å². The Balaban J connectivity index is 1.30. The van der Waals surface area contributed by atoms with E-state index < -0.39 is 23.0 Å². The number of carbonyl (C=O) groups is 2. The number of carboxylic acid groups (broad SMARTS) is 1. The average molecular weight is 669 g/mol. The summed E-state index contributed by atoms with van der Waals surface area (Å²) in [5.74, 6) is -2.45. The smallest absolute Gasteiger partial charge is 0.338 e. The van der Waals surface area contributed by atoms with Crippen molar-refractivity contribution >= 4 is 22.8 Å². The van der Waals surface area contributed by atoms with Gasteiger partial charge < -0.3 is 14.8 Å². The van der Waals surface area contributed by atoms with Crippen LogP contribution in [0.15, 0.2) is 170 Å². The number of carboxylic acids is 1. The summed E-state index contributed by atoms with van der Waals surface area (Å²) < 4.78 is 6.29. The summed E-state index contributed by atoms with van der Waals surface area (Å²) >= 11 is 0. The van der Waals surface area contributed by atoms with Crippen LogP contribution < -0.4 is 5.32 Å². The molecule has 7 aromatic rings. The number of carbonyl (C=O) groups excluding carboxylic acids is 1. The van der Waals surface area contributed by atoms with Crippen molar-refractivity contribution < 1.29 is 19.4 Å². The Hall–Kier alpha value is -6.24. The minimum absolute atomic E-state index is 0.0214. The molecule has 0 radical (unpaired) electrons. The number of hydrogen-bond donors (Lipinski definition) is 3. The van der Waals surface area contributed by atoms with Gasteiger partial charge in [0.15, 0.2) is 0 Å². The lowest BCUT2D eigenvalue weighted by molar-refractivity contribution is -0.164. The van der Waals surface area contributed by atoms with Crippen LogP contribution in [0.3, 0.4) is 0 Å². The maximum Gasteiger partial charge on any atom is 0.338 e. The fourth-order valence-electron chi connectivity index (χ4n) is 7.77. The van der Waals surface area contributed by atoms with E-state index in [9.17, 15) is 9.90 Å². The molecule has 3 N–H and O–H groups in total. The fraction of sp³-hybridized carbons (Fsp3) is 0.111. The summed E-state index contributed by atoms with van der Waals surface area (Å²) in [4.78, 5) is 32.4. The maximum atomic E-state index is 15.0. The van der Waals surface area contributed by atoms with Crippen molar-refractivity contribution in [1.82, 2.24) is 10.3 Å². The van der Waals surface area contributed by atoms with Crippen molar-refractivity contribution in [2.24, 2.45) is 0 Å². The highest BCUT2D eigenvalue weighted by molar-refractivity contribution is 6.05. The van der Waals surface area contributed by atoms with Crippen molar-refractivity contribution in [3.05, 3.63) is 203 Å².